The average Bonchev–Trinajstić information content (AvgIpc) is 2.61. The Kier molecular flexibility index (Phi) is 4.77. The van der Waals surface area contributed by atoms with Crippen molar-refractivity contribution < 1.29 is 9.53 Å². The molecule has 2 aromatic heterocycles. The van der Waals surface area contributed by atoms with Crippen molar-refractivity contribution in [3.63, 3.8) is 0 Å². The number of morpholine rings is 1. The van der Waals surface area contributed by atoms with Crippen molar-refractivity contribution in [3.05, 3.63) is 47.5 Å². The second-order valence-corrected chi connectivity index (χ2v) is 5.33. The Labute approximate surface area is 134 Å². The molecule has 0 radical (unpaired) electrons. The van der Waals surface area contributed by atoms with Crippen LogP contribution in [0.3, 0.4) is 0 Å². The molecule has 3 heterocycles. The summed E-state index contributed by atoms with van der Waals surface area (Å²) in [5.74, 6) is 0.379. The van der Waals surface area contributed by atoms with Crippen LogP contribution in [0.2, 0.25) is 0 Å². The highest BCUT2D eigenvalue weighted by molar-refractivity contribution is 5.92. The number of nitrogens with one attached hydrogen (secondary N) is 1. The van der Waals surface area contributed by atoms with Crippen molar-refractivity contribution in [3.8, 4) is 0 Å². The van der Waals surface area contributed by atoms with Crippen LogP contribution >= 0.6 is 0 Å². The van der Waals surface area contributed by atoms with Gasteiger partial charge in [-0.2, -0.15) is 0 Å². The van der Waals surface area contributed by atoms with E-state index >= 15 is 0 Å². The lowest BCUT2D eigenvalue weighted by molar-refractivity contribution is 0.0945. The quantitative estimate of drug-likeness (QED) is 0.905. The van der Waals surface area contributed by atoms with E-state index in [1.165, 1.54) is 0 Å². The lowest BCUT2D eigenvalue weighted by Gasteiger charge is -2.27. The molecule has 2 aromatic rings. The third kappa shape index (κ3) is 4.01. The van der Waals surface area contributed by atoms with E-state index < -0.39 is 0 Å². The van der Waals surface area contributed by atoms with Crippen LogP contribution in [0.1, 0.15) is 21.7 Å². The number of ether oxygens (including phenoxy) is 1. The first kappa shape index (κ1) is 15.4. The summed E-state index contributed by atoms with van der Waals surface area (Å²) in [6.45, 7) is 5.09. The Morgan fingerprint density at radius 1 is 1.26 bits per heavy atom. The Morgan fingerprint density at radius 2 is 2.00 bits per heavy atom. The van der Waals surface area contributed by atoms with Crippen molar-refractivity contribution in [2.75, 3.05) is 31.2 Å². The predicted octanol–water partition coefficient (Wildman–Crippen LogP) is 0.947. The van der Waals surface area contributed by atoms with Crippen molar-refractivity contribution in [2.45, 2.75) is 13.5 Å². The molecule has 3 rings (SSSR count). The smallest absolute Gasteiger partial charge is 0.270 e. The van der Waals surface area contributed by atoms with E-state index in [2.05, 4.69) is 20.3 Å². The van der Waals surface area contributed by atoms with Gasteiger partial charge in [0.2, 0.25) is 5.95 Å². The fourth-order valence-corrected chi connectivity index (χ4v) is 2.35. The molecule has 7 heteroatoms. The summed E-state index contributed by atoms with van der Waals surface area (Å²) >= 11 is 0. The molecule has 23 heavy (non-hydrogen) atoms. The van der Waals surface area contributed by atoms with E-state index in [1.807, 2.05) is 24.0 Å². The third-order valence-electron chi connectivity index (χ3n) is 3.57. The first-order chi connectivity index (χ1) is 11.2. The zero-order chi connectivity index (χ0) is 16.1. The van der Waals surface area contributed by atoms with Crippen molar-refractivity contribution >= 4 is 11.9 Å². The van der Waals surface area contributed by atoms with Gasteiger partial charge in [-0.1, -0.05) is 0 Å². The fraction of sp³-hybridized carbons (Fsp3) is 0.375. The largest absolute Gasteiger partial charge is 0.378 e. The summed E-state index contributed by atoms with van der Waals surface area (Å²) in [6.07, 6.45) is 3.40. The molecule has 1 saturated heterocycles. The third-order valence-corrected chi connectivity index (χ3v) is 3.57. The Morgan fingerprint density at radius 3 is 2.74 bits per heavy atom. The van der Waals surface area contributed by atoms with Crippen LogP contribution in [0.4, 0.5) is 5.95 Å². The number of hydrogen-bond acceptors (Lipinski definition) is 6. The van der Waals surface area contributed by atoms with Gasteiger partial charge in [-0.15, -0.1) is 0 Å². The lowest BCUT2D eigenvalue weighted by atomic mass is 10.2. The van der Waals surface area contributed by atoms with Crippen LogP contribution in [0, 0.1) is 6.92 Å². The monoisotopic (exact) mass is 313 g/mol. The van der Waals surface area contributed by atoms with Gasteiger partial charge in [0.15, 0.2) is 0 Å². The molecule has 1 N–H and O–H groups in total. The number of aryl methyl sites for hydroxylation is 1. The number of aromatic nitrogens is 3. The maximum atomic E-state index is 12.3. The highest BCUT2D eigenvalue weighted by Gasteiger charge is 2.17. The van der Waals surface area contributed by atoms with E-state index in [-0.39, 0.29) is 5.91 Å². The molecule has 1 aliphatic rings. The zero-order valence-electron chi connectivity index (χ0n) is 13.0. The van der Waals surface area contributed by atoms with Crippen molar-refractivity contribution in [1.29, 1.82) is 0 Å². The summed E-state index contributed by atoms with van der Waals surface area (Å²) in [5.41, 5.74) is 2.15. The van der Waals surface area contributed by atoms with Gasteiger partial charge in [-0.25, -0.2) is 9.97 Å². The minimum atomic E-state index is -0.207. The van der Waals surface area contributed by atoms with Gasteiger partial charge in [-0.3, -0.25) is 9.78 Å². The highest BCUT2D eigenvalue weighted by Crippen LogP contribution is 2.12. The second kappa shape index (κ2) is 7.15. The van der Waals surface area contributed by atoms with E-state index in [0.717, 1.165) is 24.3 Å². The van der Waals surface area contributed by atoms with Crippen LogP contribution in [0.15, 0.2) is 30.6 Å². The summed E-state index contributed by atoms with van der Waals surface area (Å²) in [4.78, 5) is 27.2. The predicted molar refractivity (Wildman–Crippen MR) is 85.2 cm³/mol. The number of carbonyl (C=O) groups is 1. The molecule has 0 aliphatic carbocycles. The standard InChI is InChI=1S/C16H19N5O2/c1-12-10-14(15(22)18-11-13-2-4-17-5-3-13)20-16(19-12)21-6-8-23-9-7-21/h2-5,10H,6-9,11H2,1H3,(H,18,22). The van der Waals surface area contributed by atoms with E-state index in [4.69, 9.17) is 4.74 Å². The number of pyridine rings is 1. The molecule has 1 fully saturated rings. The molecule has 7 nitrogen and oxygen atoms in total. The number of nitrogens with zero attached hydrogens (tertiary/aromatic N) is 4. The average molecular weight is 313 g/mol. The maximum absolute atomic E-state index is 12.3. The van der Waals surface area contributed by atoms with Gasteiger partial charge in [0.25, 0.3) is 5.91 Å². The molecule has 0 atom stereocenters. The minimum Gasteiger partial charge on any atom is -0.378 e. The van der Waals surface area contributed by atoms with Crippen LogP contribution < -0.4 is 10.2 Å². The molecule has 1 amide bonds. The summed E-state index contributed by atoms with van der Waals surface area (Å²) in [5, 5.41) is 2.87. The van der Waals surface area contributed by atoms with Gasteiger partial charge in [0, 0.05) is 37.7 Å². The molecule has 120 valence electrons. The first-order valence-corrected chi connectivity index (χ1v) is 7.58. The fourth-order valence-electron chi connectivity index (χ4n) is 2.35. The normalized spacial score (nSPS) is 14.6. The van der Waals surface area contributed by atoms with Gasteiger partial charge in [-0.05, 0) is 30.7 Å². The molecule has 0 bridgehead atoms. The van der Waals surface area contributed by atoms with Gasteiger partial charge in [0.05, 0.1) is 13.2 Å². The van der Waals surface area contributed by atoms with E-state index in [9.17, 15) is 4.79 Å². The Hall–Kier alpha value is -2.54. The molecule has 0 saturated carbocycles. The summed E-state index contributed by atoms with van der Waals surface area (Å²) in [6, 6.07) is 5.43. The number of hydrogen-bond donors (Lipinski definition) is 1. The zero-order valence-corrected chi connectivity index (χ0v) is 13.0. The number of carbonyl (C=O) groups excluding carboxylic acids is 1. The van der Waals surface area contributed by atoms with Crippen molar-refractivity contribution in [2.24, 2.45) is 0 Å². The minimum absolute atomic E-state index is 0.207. The lowest BCUT2D eigenvalue weighted by Crippen LogP contribution is -2.38. The number of amides is 1. The second-order valence-electron chi connectivity index (χ2n) is 5.33. The van der Waals surface area contributed by atoms with Crippen LogP contribution in [-0.4, -0.2) is 47.2 Å². The molecule has 0 aromatic carbocycles. The summed E-state index contributed by atoms with van der Waals surface area (Å²) in [7, 11) is 0. The van der Waals surface area contributed by atoms with Crippen molar-refractivity contribution in [1.82, 2.24) is 20.3 Å². The maximum Gasteiger partial charge on any atom is 0.270 e. The topological polar surface area (TPSA) is 80.2 Å². The Bertz CT molecular complexity index is 671. The first-order valence-electron chi connectivity index (χ1n) is 7.58. The molecular formula is C16H19N5O2. The SMILES string of the molecule is Cc1cc(C(=O)NCc2ccncc2)nc(N2CCOCC2)n1. The van der Waals surface area contributed by atoms with Gasteiger partial charge < -0.3 is 15.0 Å². The van der Waals surface area contributed by atoms with Crippen LogP contribution in [0.5, 0.6) is 0 Å². The van der Waals surface area contributed by atoms with Crippen LogP contribution in [-0.2, 0) is 11.3 Å². The Balaban J connectivity index is 1.71. The molecule has 1 aliphatic heterocycles. The van der Waals surface area contributed by atoms with E-state index in [1.54, 1.807) is 18.5 Å². The molecular weight excluding hydrogens is 294 g/mol. The number of anilines is 1. The van der Waals surface area contributed by atoms with Gasteiger partial charge >= 0.3 is 0 Å². The molecule has 0 spiro atoms. The molecule has 0 unspecified atom stereocenters. The highest BCUT2D eigenvalue weighted by atomic mass is 16.5. The van der Waals surface area contributed by atoms with Gasteiger partial charge in [0.1, 0.15) is 5.69 Å². The number of rotatable bonds is 4. The van der Waals surface area contributed by atoms with Crippen LogP contribution in [0.25, 0.3) is 0 Å². The van der Waals surface area contributed by atoms with E-state index in [0.29, 0.717) is 31.4 Å². The summed E-state index contributed by atoms with van der Waals surface area (Å²) < 4.78 is 5.34.